The Morgan fingerprint density at radius 1 is 1.45 bits per heavy atom. The third kappa shape index (κ3) is 3.08. The summed E-state index contributed by atoms with van der Waals surface area (Å²) in [6.07, 6.45) is 1.21. The number of fused-ring (bicyclic) bond motifs is 1. The maximum absolute atomic E-state index is 12.8. The molecule has 7 heteroatoms. The van der Waals surface area contributed by atoms with Crippen molar-refractivity contribution in [3.63, 3.8) is 0 Å². The normalized spacial score (nSPS) is 11.9. The molecule has 2 aromatic rings. The van der Waals surface area contributed by atoms with Crippen LogP contribution in [0.3, 0.4) is 0 Å². The number of aryl methyl sites for hydroxylation is 1. The minimum atomic E-state index is -0.101. The summed E-state index contributed by atoms with van der Waals surface area (Å²) in [5, 5.41) is 6.85. The fraction of sp³-hybridized carbons (Fsp3) is 0.333. The highest BCUT2D eigenvalue weighted by Crippen LogP contribution is 2.21. The van der Waals surface area contributed by atoms with E-state index in [1.165, 1.54) is 5.01 Å². The van der Waals surface area contributed by atoms with Gasteiger partial charge in [0.2, 0.25) is 0 Å². The van der Waals surface area contributed by atoms with Gasteiger partial charge in [-0.2, -0.15) is 5.10 Å². The summed E-state index contributed by atoms with van der Waals surface area (Å²) in [4.78, 5) is 12.8. The minimum Gasteiger partial charge on any atom is -0.322 e. The molecule has 0 bridgehead atoms. The first kappa shape index (κ1) is 16.3. The summed E-state index contributed by atoms with van der Waals surface area (Å²) in [5.41, 5.74) is 0.840. The lowest BCUT2D eigenvalue weighted by molar-refractivity contribution is 0.509. The van der Waals surface area contributed by atoms with E-state index in [2.05, 4.69) is 5.10 Å². The lowest BCUT2D eigenvalue weighted by Gasteiger charge is -2.17. The SMILES string of the molecule is CCc1cc2cccc(Cl)c2c(=O)n1CC/C(=N/N)N(C)N. The van der Waals surface area contributed by atoms with Crippen LogP contribution in [0.15, 0.2) is 34.2 Å². The molecule has 22 heavy (non-hydrogen) atoms. The van der Waals surface area contributed by atoms with Gasteiger partial charge in [0.1, 0.15) is 5.84 Å². The van der Waals surface area contributed by atoms with Crippen molar-refractivity contribution in [1.82, 2.24) is 9.58 Å². The van der Waals surface area contributed by atoms with Crippen molar-refractivity contribution in [2.75, 3.05) is 7.05 Å². The number of rotatable bonds is 4. The third-order valence-electron chi connectivity index (χ3n) is 3.65. The topological polar surface area (TPSA) is 89.6 Å². The second kappa shape index (κ2) is 6.81. The highest BCUT2D eigenvalue weighted by molar-refractivity contribution is 6.35. The van der Waals surface area contributed by atoms with Gasteiger partial charge in [0, 0.05) is 25.7 Å². The van der Waals surface area contributed by atoms with Crippen LogP contribution in [-0.2, 0) is 13.0 Å². The van der Waals surface area contributed by atoms with Crippen LogP contribution < -0.4 is 17.2 Å². The van der Waals surface area contributed by atoms with Gasteiger partial charge in [-0.05, 0) is 23.9 Å². The van der Waals surface area contributed by atoms with Gasteiger partial charge in [-0.1, -0.05) is 30.7 Å². The Hall–Kier alpha value is -2.05. The molecule has 0 saturated heterocycles. The molecule has 0 aliphatic heterocycles. The predicted molar refractivity (Wildman–Crippen MR) is 90.8 cm³/mol. The van der Waals surface area contributed by atoms with Crippen molar-refractivity contribution < 1.29 is 0 Å². The second-order valence-electron chi connectivity index (χ2n) is 5.06. The van der Waals surface area contributed by atoms with Crippen molar-refractivity contribution in [2.24, 2.45) is 16.8 Å². The van der Waals surface area contributed by atoms with E-state index in [0.29, 0.717) is 29.2 Å². The van der Waals surface area contributed by atoms with Gasteiger partial charge in [-0.25, -0.2) is 5.84 Å². The first-order chi connectivity index (χ1) is 10.5. The van der Waals surface area contributed by atoms with Crippen molar-refractivity contribution in [1.29, 1.82) is 0 Å². The lowest BCUT2D eigenvalue weighted by Crippen LogP contribution is -2.36. The van der Waals surface area contributed by atoms with Crippen LogP contribution in [0, 0.1) is 0 Å². The van der Waals surface area contributed by atoms with Crippen molar-refractivity contribution in [2.45, 2.75) is 26.3 Å². The molecule has 0 spiro atoms. The number of pyridine rings is 1. The number of amidine groups is 1. The number of benzene rings is 1. The van der Waals surface area contributed by atoms with Gasteiger partial charge >= 0.3 is 0 Å². The molecule has 0 radical (unpaired) electrons. The van der Waals surface area contributed by atoms with Crippen LogP contribution in [0.1, 0.15) is 19.0 Å². The monoisotopic (exact) mass is 321 g/mol. The molecule has 0 saturated carbocycles. The van der Waals surface area contributed by atoms with E-state index < -0.39 is 0 Å². The smallest absolute Gasteiger partial charge is 0.260 e. The van der Waals surface area contributed by atoms with Gasteiger partial charge < -0.3 is 15.4 Å². The zero-order valence-corrected chi connectivity index (χ0v) is 13.5. The Labute approximate surface area is 133 Å². The molecule has 0 atom stereocenters. The van der Waals surface area contributed by atoms with Crippen LogP contribution in [-0.4, -0.2) is 22.5 Å². The summed E-state index contributed by atoms with van der Waals surface area (Å²) in [6.45, 7) is 2.45. The standard InChI is InChI=1S/C15H20ClN5O/c1-3-11-9-10-5-4-6-12(16)14(10)15(22)21(11)8-7-13(19-17)20(2)18/h4-6,9H,3,7-8,17-18H2,1-2H3/b19-13-. The molecule has 1 heterocycles. The largest absolute Gasteiger partial charge is 0.322 e. The van der Waals surface area contributed by atoms with E-state index >= 15 is 0 Å². The highest BCUT2D eigenvalue weighted by Gasteiger charge is 2.12. The van der Waals surface area contributed by atoms with E-state index in [9.17, 15) is 4.79 Å². The molecular weight excluding hydrogens is 302 g/mol. The van der Waals surface area contributed by atoms with Crippen LogP contribution in [0.25, 0.3) is 10.8 Å². The highest BCUT2D eigenvalue weighted by atomic mass is 35.5. The molecule has 6 nitrogen and oxygen atoms in total. The summed E-state index contributed by atoms with van der Waals surface area (Å²) in [6, 6.07) is 7.46. The Balaban J connectivity index is 2.51. The number of aromatic nitrogens is 1. The number of hydrazone groups is 1. The summed E-state index contributed by atoms with van der Waals surface area (Å²) in [5.74, 6) is 11.5. The van der Waals surface area contributed by atoms with Crippen LogP contribution in [0.5, 0.6) is 0 Å². The molecule has 0 fully saturated rings. The van der Waals surface area contributed by atoms with Gasteiger partial charge in [0.25, 0.3) is 5.56 Å². The maximum Gasteiger partial charge on any atom is 0.260 e. The predicted octanol–water partition coefficient (Wildman–Crippen LogP) is 1.69. The average Bonchev–Trinajstić information content (AvgIpc) is 2.48. The fourth-order valence-electron chi connectivity index (χ4n) is 2.49. The molecule has 1 aromatic heterocycles. The van der Waals surface area contributed by atoms with E-state index in [-0.39, 0.29) is 5.56 Å². The number of nitrogens with zero attached hydrogens (tertiary/aromatic N) is 3. The first-order valence-corrected chi connectivity index (χ1v) is 7.43. The van der Waals surface area contributed by atoms with Crippen molar-refractivity contribution in [3.05, 3.63) is 45.3 Å². The number of hydrogen-bond acceptors (Lipinski definition) is 4. The molecule has 1 aromatic carbocycles. The number of hydrazine groups is 1. The Kier molecular flexibility index (Phi) is 5.05. The average molecular weight is 322 g/mol. The van der Waals surface area contributed by atoms with E-state index in [1.807, 2.05) is 25.1 Å². The lowest BCUT2D eigenvalue weighted by atomic mass is 10.1. The molecular formula is C15H20ClN5O. The number of nitrogens with two attached hydrogens (primary N) is 2. The number of hydrogen-bond donors (Lipinski definition) is 2. The van der Waals surface area contributed by atoms with Crippen LogP contribution in [0.2, 0.25) is 5.02 Å². The fourth-order valence-corrected chi connectivity index (χ4v) is 2.75. The molecule has 0 aliphatic carbocycles. The molecule has 4 N–H and O–H groups in total. The molecule has 118 valence electrons. The number of halogens is 1. The van der Waals surface area contributed by atoms with Crippen molar-refractivity contribution in [3.8, 4) is 0 Å². The zero-order chi connectivity index (χ0) is 16.3. The van der Waals surface area contributed by atoms with Gasteiger partial charge in [-0.15, -0.1) is 0 Å². The molecule has 0 unspecified atom stereocenters. The minimum absolute atomic E-state index is 0.101. The second-order valence-corrected chi connectivity index (χ2v) is 5.46. The maximum atomic E-state index is 12.8. The van der Waals surface area contributed by atoms with Crippen LogP contribution >= 0.6 is 11.6 Å². The third-order valence-corrected chi connectivity index (χ3v) is 3.97. The van der Waals surface area contributed by atoms with E-state index in [1.54, 1.807) is 17.7 Å². The van der Waals surface area contributed by atoms with Crippen molar-refractivity contribution >= 4 is 28.2 Å². The van der Waals surface area contributed by atoms with Gasteiger partial charge in [0.15, 0.2) is 0 Å². The van der Waals surface area contributed by atoms with E-state index in [4.69, 9.17) is 23.3 Å². The Bertz CT molecular complexity index is 766. The van der Waals surface area contributed by atoms with Gasteiger partial charge in [-0.3, -0.25) is 4.79 Å². The quantitative estimate of drug-likeness (QED) is 0.388. The molecule has 2 rings (SSSR count). The van der Waals surface area contributed by atoms with Crippen LogP contribution in [0.4, 0.5) is 0 Å². The first-order valence-electron chi connectivity index (χ1n) is 7.05. The molecule has 0 aliphatic rings. The Morgan fingerprint density at radius 3 is 2.77 bits per heavy atom. The van der Waals surface area contributed by atoms with E-state index in [0.717, 1.165) is 17.5 Å². The Morgan fingerprint density at radius 2 is 2.18 bits per heavy atom. The summed E-state index contributed by atoms with van der Waals surface area (Å²) >= 11 is 6.18. The zero-order valence-electron chi connectivity index (χ0n) is 12.7. The summed E-state index contributed by atoms with van der Waals surface area (Å²) < 4.78 is 1.71. The molecule has 0 amide bonds. The van der Waals surface area contributed by atoms with Gasteiger partial charge in [0.05, 0.1) is 10.4 Å². The summed E-state index contributed by atoms with van der Waals surface area (Å²) in [7, 11) is 1.66.